The Bertz CT molecular complexity index is 1160. The smallest absolute Gasteiger partial charge is 0.249 e. The normalized spacial score (nSPS) is 16.4. The maximum atomic E-state index is 13.7. The first-order valence-corrected chi connectivity index (χ1v) is 10.7. The number of nitrogens with zero attached hydrogens (tertiary/aromatic N) is 3. The number of hydrogen-bond acceptors (Lipinski definition) is 6. The maximum Gasteiger partial charge on any atom is 0.249 e. The second-order valence-corrected chi connectivity index (χ2v) is 7.84. The van der Waals surface area contributed by atoms with Gasteiger partial charge in [-0.05, 0) is 50.6 Å². The van der Waals surface area contributed by atoms with Crippen molar-refractivity contribution in [2.45, 2.75) is 38.4 Å². The predicted molar refractivity (Wildman–Crippen MR) is 130 cm³/mol. The maximum absolute atomic E-state index is 13.7. The molecule has 0 bridgehead atoms. The zero-order valence-corrected chi connectivity index (χ0v) is 19.7. The lowest BCUT2D eigenvalue weighted by Crippen LogP contribution is -2.52. The third-order valence-corrected chi connectivity index (χ3v) is 5.94. The molecule has 2 aromatic heterocycles. The van der Waals surface area contributed by atoms with E-state index in [0.717, 1.165) is 22.2 Å². The summed E-state index contributed by atoms with van der Waals surface area (Å²) in [6.45, 7) is 2.04. The third kappa shape index (κ3) is 4.91. The van der Waals surface area contributed by atoms with Crippen LogP contribution in [0.5, 0.6) is 5.75 Å². The Morgan fingerprint density at radius 3 is 2.79 bits per heavy atom. The first-order valence-electron chi connectivity index (χ1n) is 10.7. The zero-order chi connectivity index (χ0) is 22.7. The van der Waals surface area contributed by atoms with Crippen molar-refractivity contribution in [1.29, 1.82) is 0 Å². The second kappa shape index (κ2) is 10.6. The fraction of sp³-hybridized carbons (Fsp3) is 0.333. The Hall–Kier alpha value is -3.23. The quantitative estimate of drug-likeness (QED) is 0.576. The van der Waals surface area contributed by atoms with Crippen LogP contribution in [0.2, 0.25) is 0 Å². The molecule has 4 rings (SSSR count). The van der Waals surface area contributed by atoms with Crippen molar-refractivity contribution in [3.8, 4) is 5.75 Å². The number of methoxy groups -OCH3 is 1. The number of rotatable bonds is 6. The number of carbonyl (C=O) groups is 2. The molecule has 1 aliphatic heterocycles. The van der Waals surface area contributed by atoms with Gasteiger partial charge in [-0.25, -0.2) is 9.97 Å². The number of carbonyl (C=O) groups excluding carboxylic acids is 2. The Kier molecular flexibility index (Phi) is 7.84. The van der Waals surface area contributed by atoms with E-state index in [1.54, 1.807) is 38.4 Å². The van der Waals surface area contributed by atoms with Gasteiger partial charge in [0, 0.05) is 22.8 Å². The molecule has 0 saturated heterocycles. The minimum absolute atomic E-state index is 0. The van der Waals surface area contributed by atoms with Gasteiger partial charge in [0.25, 0.3) is 0 Å². The SMILES string of the molecule is CN[C@@H](C)C(=O)N[C@H]1CCc2ccccc2N(Cc2c(OC)cnc3ncccc23)C1=O.Cl. The van der Waals surface area contributed by atoms with E-state index in [-0.39, 0.29) is 30.8 Å². The standard InChI is InChI=1S/C24H27N5O3.ClH/c1-15(25-2)23(30)28-19-11-10-16-7-4-5-9-20(16)29(24(19)31)14-18-17-8-6-12-26-22(17)27-13-21(18)32-3;/h4-9,12-13,15,19,25H,10-11,14H2,1-3H3,(H,28,30);1H/t15-,19-;/m0./s1. The van der Waals surface area contributed by atoms with Gasteiger partial charge in [-0.3, -0.25) is 9.59 Å². The van der Waals surface area contributed by atoms with E-state index >= 15 is 0 Å². The summed E-state index contributed by atoms with van der Waals surface area (Å²) in [5.41, 5.74) is 3.32. The van der Waals surface area contributed by atoms with Gasteiger partial charge in [0.05, 0.1) is 25.9 Å². The second-order valence-electron chi connectivity index (χ2n) is 7.84. The summed E-state index contributed by atoms with van der Waals surface area (Å²) in [5, 5.41) is 6.67. The van der Waals surface area contributed by atoms with E-state index < -0.39 is 12.1 Å². The van der Waals surface area contributed by atoms with Gasteiger partial charge in [0.1, 0.15) is 11.8 Å². The zero-order valence-electron chi connectivity index (χ0n) is 18.9. The number of amides is 2. The molecule has 33 heavy (non-hydrogen) atoms. The number of anilines is 1. The van der Waals surface area contributed by atoms with Crippen molar-refractivity contribution in [2.75, 3.05) is 19.1 Å². The van der Waals surface area contributed by atoms with E-state index in [1.807, 2.05) is 36.4 Å². The highest BCUT2D eigenvalue weighted by Gasteiger charge is 2.33. The minimum Gasteiger partial charge on any atom is -0.495 e. The van der Waals surface area contributed by atoms with Gasteiger partial charge in [0.2, 0.25) is 11.8 Å². The van der Waals surface area contributed by atoms with Gasteiger partial charge in [-0.2, -0.15) is 0 Å². The molecule has 0 radical (unpaired) electrons. The summed E-state index contributed by atoms with van der Waals surface area (Å²) in [6, 6.07) is 10.6. The average Bonchev–Trinajstić information content (AvgIpc) is 2.95. The number of ether oxygens (including phenoxy) is 1. The fourth-order valence-corrected chi connectivity index (χ4v) is 4.00. The molecule has 2 atom stereocenters. The summed E-state index contributed by atoms with van der Waals surface area (Å²) in [4.78, 5) is 36.7. The van der Waals surface area contributed by atoms with Crippen LogP contribution in [0.1, 0.15) is 24.5 Å². The van der Waals surface area contributed by atoms with Crippen molar-refractivity contribution >= 4 is 40.9 Å². The van der Waals surface area contributed by atoms with Crippen LogP contribution in [-0.2, 0) is 22.6 Å². The molecule has 0 saturated carbocycles. The van der Waals surface area contributed by atoms with Gasteiger partial charge >= 0.3 is 0 Å². The molecule has 0 spiro atoms. The van der Waals surface area contributed by atoms with Crippen molar-refractivity contribution in [2.24, 2.45) is 0 Å². The molecule has 8 nitrogen and oxygen atoms in total. The van der Waals surface area contributed by atoms with Crippen LogP contribution in [0, 0.1) is 0 Å². The van der Waals surface area contributed by atoms with Crippen LogP contribution in [0.3, 0.4) is 0 Å². The van der Waals surface area contributed by atoms with Crippen molar-refractivity contribution in [3.63, 3.8) is 0 Å². The van der Waals surface area contributed by atoms with Crippen LogP contribution < -0.4 is 20.3 Å². The first-order chi connectivity index (χ1) is 15.5. The lowest BCUT2D eigenvalue weighted by Gasteiger charge is -2.28. The molecule has 2 N–H and O–H groups in total. The number of nitrogens with one attached hydrogen (secondary N) is 2. The Morgan fingerprint density at radius 2 is 2.03 bits per heavy atom. The minimum atomic E-state index is -0.622. The molecule has 9 heteroatoms. The van der Waals surface area contributed by atoms with E-state index in [0.29, 0.717) is 24.2 Å². The summed E-state index contributed by atoms with van der Waals surface area (Å²) >= 11 is 0. The Morgan fingerprint density at radius 1 is 1.24 bits per heavy atom. The van der Waals surface area contributed by atoms with E-state index in [2.05, 4.69) is 20.6 Å². The number of aromatic nitrogens is 2. The highest BCUT2D eigenvalue weighted by Crippen LogP contribution is 2.32. The molecule has 1 aromatic carbocycles. The van der Waals surface area contributed by atoms with E-state index in [9.17, 15) is 9.59 Å². The largest absolute Gasteiger partial charge is 0.495 e. The molecular formula is C24H28ClN5O3. The number of benzene rings is 1. The highest BCUT2D eigenvalue weighted by atomic mass is 35.5. The number of halogens is 1. The van der Waals surface area contributed by atoms with Crippen molar-refractivity contribution in [3.05, 3.63) is 59.9 Å². The highest BCUT2D eigenvalue weighted by molar-refractivity contribution is 6.01. The third-order valence-electron chi connectivity index (χ3n) is 5.94. The number of pyridine rings is 2. The lowest BCUT2D eigenvalue weighted by molar-refractivity contribution is -0.128. The molecular weight excluding hydrogens is 442 g/mol. The van der Waals surface area contributed by atoms with E-state index in [4.69, 9.17) is 4.74 Å². The topological polar surface area (TPSA) is 96.5 Å². The van der Waals surface area contributed by atoms with Crippen LogP contribution in [-0.4, -0.2) is 48.0 Å². The number of aryl methyl sites for hydroxylation is 1. The summed E-state index contributed by atoms with van der Waals surface area (Å²) < 4.78 is 5.58. The summed E-state index contributed by atoms with van der Waals surface area (Å²) in [7, 11) is 3.30. The molecule has 0 fully saturated rings. The number of hydrogen-bond donors (Lipinski definition) is 2. The van der Waals surface area contributed by atoms with Gasteiger partial charge in [-0.1, -0.05) is 18.2 Å². The lowest BCUT2D eigenvalue weighted by atomic mass is 10.1. The molecule has 3 heterocycles. The number of likely N-dealkylation sites (N-methyl/N-ethyl adjacent to an activating group) is 1. The van der Waals surface area contributed by atoms with Crippen LogP contribution >= 0.6 is 12.4 Å². The Labute approximate surface area is 199 Å². The molecule has 1 aliphatic rings. The van der Waals surface area contributed by atoms with Crippen LogP contribution in [0.4, 0.5) is 5.69 Å². The summed E-state index contributed by atoms with van der Waals surface area (Å²) in [5.74, 6) is 0.236. The van der Waals surface area contributed by atoms with Gasteiger partial charge in [-0.15, -0.1) is 12.4 Å². The first kappa shape index (κ1) is 24.4. The van der Waals surface area contributed by atoms with Crippen LogP contribution in [0.15, 0.2) is 48.8 Å². The predicted octanol–water partition coefficient (Wildman–Crippen LogP) is 2.63. The number of para-hydroxylation sites is 1. The van der Waals surface area contributed by atoms with Gasteiger partial charge < -0.3 is 20.3 Å². The fourth-order valence-electron chi connectivity index (χ4n) is 4.00. The monoisotopic (exact) mass is 469 g/mol. The number of fused-ring (bicyclic) bond motifs is 2. The van der Waals surface area contributed by atoms with Crippen molar-refractivity contribution in [1.82, 2.24) is 20.6 Å². The average molecular weight is 470 g/mol. The van der Waals surface area contributed by atoms with Crippen LogP contribution in [0.25, 0.3) is 11.0 Å². The molecule has 2 amide bonds. The molecule has 3 aromatic rings. The molecule has 0 aliphatic carbocycles. The van der Waals surface area contributed by atoms with Crippen molar-refractivity contribution < 1.29 is 14.3 Å². The molecule has 174 valence electrons. The summed E-state index contributed by atoms with van der Waals surface area (Å²) in [6.07, 6.45) is 4.54. The Balaban J connectivity index is 0.00000306. The molecule has 0 unspecified atom stereocenters. The van der Waals surface area contributed by atoms with Gasteiger partial charge in [0.15, 0.2) is 5.65 Å². The van der Waals surface area contributed by atoms with E-state index in [1.165, 1.54) is 0 Å².